The van der Waals surface area contributed by atoms with Crippen LogP contribution in [0.4, 0.5) is 21.9 Å². The molecule has 0 aromatic heterocycles. The Bertz CT molecular complexity index is 874. The molecule has 1 heterocycles. The molecule has 1 aliphatic heterocycles. The highest BCUT2D eigenvalue weighted by molar-refractivity contribution is 6.07. The summed E-state index contributed by atoms with van der Waals surface area (Å²) in [5, 5.41) is 15.2. The van der Waals surface area contributed by atoms with Gasteiger partial charge in [-0.2, -0.15) is 0 Å². The van der Waals surface area contributed by atoms with Crippen molar-refractivity contribution in [1.82, 2.24) is 0 Å². The highest BCUT2D eigenvalue weighted by Gasteiger charge is 2.21. The van der Waals surface area contributed by atoms with Gasteiger partial charge in [-0.15, -0.1) is 0 Å². The Morgan fingerprint density at radius 2 is 1.66 bits per heavy atom. The SMILES string of the molecule is CC(C)(C)OC(=O)Nc1ccccc1NC(=O)c1ccc(N2CCC(O)C2)cc1. The molecule has 7 heteroatoms. The van der Waals surface area contributed by atoms with E-state index in [1.807, 2.05) is 12.1 Å². The van der Waals surface area contributed by atoms with Crippen molar-refractivity contribution in [2.45, 2.75) is 38.9 Å². The van der Waals surface area contributed by atoms with E-state index >= 15 is 0 Å². The maximum atomic E-state index is 12.7. The van der Waals surface area contributed by atoms with Gasteiger partial charge >= 0.3 is 6.09 Å². The molecule has 1 atom stereocenters. The molecule has 1 unspecified atom stereocenters. The van der Waals surface area contributed by atoms with E-state index in [-0.39, 0.29) is 12.0 Å². The van der Waals surface area contributed by atoms with Gasteiger partial charge in [0.1, 0.15) is 5.60 Å². The van der Waals surface area contributed by atoms with E-state index in [0.29, 0.717) is 23.5 Å². The van der Waals surface area contributed by atoms with Gasteiger partial charge in [-0.1, -0.05) is 12.1 Å². The fraction of sp³-hybridized carbons (Fsp3) is 0.364. The monoisotopic (exact) mass is 397 g/mol. The van der Waals surface area contributed by atoms with Crippen LogP contribution in [0.15, 0.2) is 48.5 Å². The Kier molecular flexibility index (Phi) is 6.08. The summed E-state index contributed by atoms with van der Waals surface area (Å²) in [5.74, 6) is -0.281. The Labute approximate surface area is 170 Å². The smallest absolute Gasteiger partial charge is 0.412 e. The lowest BCUT2D eigenvalue weighted by Gasteiger charge is -2.20. The summed E-state index contributed by atoms with van der Waals surface area (Å²) in [6.45, 7) is 6.76. The molecular weight excluding hydrogens is 370 g/mol. The molecule has 154 valence electrons. The van der Waals surface area contributed by atoms with Crippen molar-refractivity contribution in [2.24, 2.45) is 0 Å². The second-order valence-corrected chi connectivity index (χ2v) is 8.06. The summed E-state index contributed by atoms with van der Waals surface area (Å²) < 4.78 is 5.27. The zero-order chi connectivity index (χ0) is 21.0. The molecule has 29 heavy (non-hydrogen) atoms. The molecule has 3 N–H and O–H groups in total. The van der Waals surface area contributed by atoms with E-state index in [0.717, 1.165) is 18.7 Å². The number of carbonyl (C=O) groups excluding carboxylic acids is 2. The number of nitrogens with one attached hydrogen (secondary N) is 2. The Morgan fingerprint density at radius 3 is 2.21 bits per heavy atom. The third-order valence-corrected chi connectivity index (χ3v) is 4.47. The average Bonchev–Trinajstić information content (AvgIpc) is 3.08. The van der Waals surface area contributed by atoms with Crippen LogP contribution in [0.1, 0.15) is 37.6 Å². The van der Waals surface area contributed by atoms with E-state index in [1.54, 1.807) is 57.2 Å². The molecule has 7 nitrogen and oxygen atoms in total. The molecule has 2 aromatic carbocycles. The van der Waals surface area contributed by atoms with Crippen molar-refractivity contribution < 1.29 is 19.4 Å². The standard InChI is InChI=1S/C22H27N3O4/c1-22(2,3)29-21(28)24-19-7-5-4-6-18(19)23-20(27)15-8-10-16(11-9-15)25-13-12-17(26)14-25/h4-11,17,26H,12-14H2,1-3H3,(H,23,27)(H,24,28). The number of carbonyl (C=O) groups is 2. The first kappa shape index (κ1) is 20.7. The third kappa shape index (κ3) is 5.71. The van der Waals surface area contributed by atoms with Gasteiger partial charge in [0.15, 0.2) is 0 Å². The van der Waals surface area contributed by atoms with Gasteiger partial charge in [-0.05, 0) is 63.6 Å². The van der Waals surface area contributed by atoms with Gasteiger partial charge in [0, 0.05) is 24.3 Å². The topological polar surface area (TPSA) is 90.9 Å². The van der Waals surface area contributed by atoms with Crippen molar-refractivity contribution in [2.75, 3.05) is 28.6 Å². The normalized spacial score (nSPS) is 16.4. The minimum atomic E-state index is -0.616. The molecule has 2 amide bonds. The third-order valence-electron chi connectivity index (χ3n) is 4.47. The maximum absolute atomic E-state index is 12.7. The number of aliphatic hydroxyl groups is 1. The first-order valence-electron chi connectivity index (χ1n) is 9.65. The summed E-state index contributed by atoms with van der Waals surface area (Å²) in [6.07, 6.45) is -0.132. The molecule has 0 aliphatic carbocycles. The molecule has 0 spiro atoms. The number of nitrogens with zero attached hydrogens (tertiary/aromatic N) is 1. The second kappa shape index (κ2) is 8.53. The molecule has 1 aliphatic rings. The highest BCUT2D eigenvalue weighted by Crippen LogP contribution is 2.24. The first-order valence-corrected chi connectivity index (χ1v) is 9.65. The number of β-amino-alcohol motifs (C(OH)–C–C–N with tert-alkyl or cyclic N) is 1. The number of hydrogen-bond acceptors (Lipinski definition) is 5. The van der Waals surface area contributed by atoms with Crippen LogP contribution < -0.4 is 15.5 Å². The lowest BCUT2D eigenvalue weighted by molar-refractivity contribution is 0.0635. The summed E-state index contributed by atoms with van der Waals surface area (Å²) in [7, 11) is 0. The largest absolute Gasteiger partial charge is 0.444 e. The summed E-state index contributed by atoms with van der Waals surface area (Å²) in [6, 6.07) is 14.2. The zero-order valence-electron chi connectivity index (χ0n) is 16.9. The number of hydrogen-bond donors (Lipinski definition) is 3. The van der Waals surface area contributed by atoms with Gasteiger partial charge in [-0.25, -0.2) is 4.79 Å². The minimum absolute atomic E-state index is 0.281. The minimum Gasteiger partial charge on any atom is -0.444 e. The molecule has 0 saturated carbocycles. The van der Waals surface area contributed by atoms with Crippen LogP contribution in [0, 0.1) is 0 Å². The fourth-order valence-electron chi connectivity index (χ4n) is 3.11. The fourth-order valence-corrected chi connectivity index (χ4v) is 3.11. The van der Waals surface area contributed by atoms with Crippen molar-refractivity contribution in [3.63, 3.8) is 0 Å². The van der Waals surface area contributed by atoms with Crippen LogP contribution in [0.25, 0.3) is 0 Å². The predicted octanol–water partition coefficient (Wildman–Crippen LogP) is 3.86. The molecule has 2 aromatic rings. The van der Waals surface area contributed by atoms with Crippen LogP contribution in [-0.4, -0.2) is 41.9 Å². The van der Waals surface area contributed by atoms with Crippen molar-refractivity contribution >= 4 is 29.1 Å². The number of benzene rings is 2. The van der Waals surface area contributed by atoms with Crippen LogP contribution in [-0.2, 0) is 4.74 Å². The first-order chi connectivity index (χ1) is 13.7. The lowest BCUT2D eigenvalue weighted by atomic mass is 10.1. The maximum Gasteiger partial charge on any atom is 0.412 e. The lowest BCUT2D eigenvalue weighted by Crippen LogP contribution is -2.27. The predicted molar refractivity (Wildman–Crippen MR) is 114 cm³/mol. The average molecular weight is 397 g/mol. The van der Waals surface area contributed by atoms with E-state index < -0.39 is 11.7 Å². The Hall–Kier alpha value is -3.06. The van der Waals surface area contributed by atoms with Gasteiger partial charge in [0.2, 0.25) is 0 Å². The number of ether oxygens (including phenoxy) is 1. The number of anilines is 3. The molecular formula is C22H27N3O4. The number of rotatable bonds is 4. The zero-order valence-corrected chi connectivity index (χ0v) is 16.9. The number of amides is 2. The number of aliphatic hydroxyl groups excluding tert-OH is 1. The van der Waals surface area contributed by atoms with Crippen molar-refractivity contribution in [3.05, 3.63) is 54.1 Å². The molecule has 3 rings (SSSR count). The van der Waals surface area contributed by atoms with Gasteiger partial charge in [0.25, 0.3) is 5.91 Å². The van der Waals surface area contributed by atoms with Crippen molar-refractivity contribution in [1.29, 1.82) is 0 Å². The van der Waals surface area contributed by atoms with Gasteiger partial charge in [-0.3, -0.25) is 10.1 Å². The van der Waals surface area contributed by atoms with Crippen LogP contribution in [0.2, 0.25) is 0 Å². The van der Waals surface area contributed by atoms with Crippen LogP contribution in [0.5, 0.6) is 0 Å². The summed E-state index contributed by atoms with van der Waals surface area (Å²) in [5.41, 5.74) is 1.80. The Balaban J connectivity index is 1.67. The van der Waals surface area contributed by atoms with Gasteiger partial charge in [0.05, 0.1) is 17.5 Å². The van der Waals surface area contributed by atoms with E-state index in [1.165, 1.54) is 0 Å². The molecule has 0 radical (unpaired) electrons. The van der Waals surface area contributed by atoms with Crippen LogP contribution in [0.3, 0.4) is 0 Å². The molecule has 1 fully saturated rings. The molecule has 0 bridgehead atoms. The van der Waals surface area contributed by atoms with E-state index in [2.05, 4.69) is 15.5 Å². The highest BCUT2D eigenvalue weighted by atomic mass is 16.6. The van der Waals surface area contributed by atoms with Crippen LogP contribution >= 0.6 is 0 Å². The number of para-hydroxylation sites is 2. The summed E-state index contributed by atoms with van der Waals surface area (Å²) in [4.78, 5) is 26.8. The Morgan fingerprint density at radius 1 is 1.03 bits per heavy atom. The van der Waals surface area contributed by atoms with Gasteiger partial charge < -0.3 is 20.1 Å². The summed E-state index contributed by atoms with van der Waals surface area (Å²) >= 11 is 0. The molecule has 1 saturated heterocycles. The second-order valence-electron chi connectivity index (χ2n) is 8.06. The van der Waals surface area contributed by atoms with E-state index in [9.17, 15) is 14.7 Å². The van der Waals surface area contributed by atoms with Crippen molar-refractivity contribution in [3.8, 4) is 0 Å². The van der Waals surface area contributed by atoms with E-state index in [4.69, 9.17) is 4.74 Å². The quantitative estimate of drug-likeness (QED) is 0.729.